The Bertz CT molecular complexity index is 711. The maximum absolute atomic E-state index is 12.2. The summed E-state index contributed by atoms with van der Waals surface area (Å²) in [4.78, 5) is 12.2. The van der Waals surface area contributed by atoms with Crippen molar-refractivity contribution in [3.05, 3.63) is 56.0 Å². The Labute approximate surface area is 110 Å². The number of allylic oxidation sites excluding steroid dienone is 1. The van der Waals surface area contributed by atoms with Gasteiger partial charge in [0.15, 0.2) is 0 Å². The molecule has 2 nitrogen and oxygen atoms in total. The fourth-order valence-electron chi connectivity index (χ4n) is 3.04. The molecule has 3 heteroatoms. The van der Waals surface area contributed by atoms with Crippen LogP contribution in [0.1, 0.15) is 30.4 Å². The molecule has 0 bridgehead atoms. The van der Waals surface area contributed by atoms with E-state index >= 15 is 0 Å². The van der Waals surface area contributed by atoms with Gasteiger partial charge in [-0.25, -0.2) is 0 Å². The molecule has 0 radical (unpaired) electrons. The van der Waals surface area contributed by atoms with Crippen molar-refractivity contribution < 1.29 is 5.73 Å². The van der Waals surface area contributed by atoms with Crippen LogP contribution in [0.5, 0.6) is 0 Å². The van der Waals surface area contributed by atoms with Crippen LogP contribution < -0.4 is 21.6 Å². The van der Waals surface area contributed by atoms with Gasteiger partial charge in [-0.1, -0.05) is 36.3 Å². The zero-order valence-electron chi connectivity index (χ0n) is 10.3. The number of benzene rings is 1. The van der Waals surface area contributed by atoms with Crippen molar-refractivity contribution in [1.29, 1.82) is 0 Å². The highest BCUT2D eigenvalue weighted by Crippen LogP contribution is 2.31. The van der Waals surface area contributed by atoms with Crippen molar-refractivity contribution in [2.24, 2.45) is 0 Å². The van der Waals surface area contributed by atoms with Crippen LogP contribution in [0.15, 0.2) is 23.0 Å². The van der Waals surface area contributed by atoms with Crippen molar-refractivity contribution in [2.75, 3.05) is 5.88 Å². The van der Waals surface area contributed by atoms with E-state index in [0.717, 1.165) is 28.5 Å². The molecule has 0 saturated heterocycles. The smallest absolute Gasteiger partial charge is 0.104 e. The maximum Gasteiger partial charge on any atom is 0.104 e. The van der Waals surface area contributed by atoms with Crippen LogP contribution in [0.25, 0.3) is 11.6 Å². The molecular formula is C15H15ClNO-. The maximum atomic E-state index is 12.2. The number of hydrogen-bond donors (Lipinski definition) is 1. The predicted octanol–water partition coefficient (Wildman–Crippen LogP) is 0.135. The standard InChI is InChI=1S/C15H15ClNO/c1-8-5-9(7-16)14-11(8)6-13(18)10-3-2-4-12(17)15(10)14/h2-4,6,9H,5,7H2,1,17H3/q-1. The predicted molar refractivity (Wildman–Crippen MR) is 73.6 cm³/mol. The van der Waals surface area contributed by atoms with Crippen LogP contribution in [0, 0.1) is 6.04 Å². The van der Waals surface area contributed by atoms with Crippen molar-refractivity contribution in [3.63, 3.8) is 0 Å². The second kappa shape index (κ2) is 4.08. The lowest BCUT2D eigenvalue weighted by Gasteiger charge is -2.24. The summed E-state index contributed by atoms with van der Waals surface area (Å²) in [6.45, 7) is 2.09. The fraction of sp³-hybridized carbons (Fsp3) is 0.267. The van der Waals surface area contributed by atoms with Gasteiger partial charge in [-0.05, 0) is 5.92 Å². The Morgan fingerprint density at radius 1 is 1.61 bits per heavy atom. The van der Waals surface area contributed by atoms with E-state index in [1.165, 1.54) is 11.1 Å². The molecule has 2 aliphatic carbocycles. The van der Waals surface area contributed by atoms with E-state index in [1.54, 1.807) is 6.07 Å². The third-order valence-corrected chi connectivity index (χ3v) is 4.23. The third-order valence-electron chi connectivity index (χ3n) is 3.86. The highest BCUT2D eigenvalue weighted by atomic mass is 35.5. The van der Waals surface area contributed by atoms with E-state index in [-0.39, 0.29) is 5.43 Å². The lowest BCUT2D eigenvalue weighted by atomic mass is 9.89. The number of rotatable bonds is 1. The van der Waals surface area contributed by atoms with Gasteiger partial charge in [-0.2, -0.15) is 0 Å². The molecule has 18 heavy (non-hydrogen) atoms. The second-order valence-electron chi connectivity index (χ2n) is 5.01. The molecule has 0 heterocycles. The minimum absolute atomic E-state index is 0.0869. The summed E-state index contributed by atoms with van der Waals surface area (Å²) in [6, 6.07) is 2.69. The quantitative estimate of drug-likeness (QED) is 0.566. The minimum atomic E-state index is 0.0869. The second-order valence-corrected chi connectivity index (χ2v) is 5.32. The Balaban J connectivity index is 2.47. The first-order chi connectivity index (χ1) is 8.63. The molecular weight excluding hydrogens is 246 g/mol. The van der Waals surface area contributed by atoms with Crippen LogP contribution in [0.2, 0.25) is 0 Å². The Morgan fingerprint density at radius 2 is 2.39 bits per heavy atom. The molecule has 0 aromatic heterocycles. The van der Waals surface area contributed by atoms with Crippen LogP contribution in [0.3, 0.4) is 0 Å². The lowest BCUT2D eigenvalue weighted by molar-refractivity contribution is -0.332. The van der Waals surface area contributed by atoms with Gasteiger partial charge in [0.1, 0.15) is 5.43 Å². The summed E-state index contributed by atoms with van der Waals surface area (Å²) in [5.74, 6) is 0.902. The lowest BCUT2D eigenvalue weighted by Crippen LogP contribution is -2.57. The van der Waals surface area contributed by atoms with Crippen molar-refractivity contribution in [3.8, 4) is 0 Å². The highest BCUT2D eigenvalue weighted by Gasteiger charge is 2.21. The van der Waals surface area contributed by atoms with E-state index in [0.29, 0.717) is 11.8 Å². The van der Waals surface area contributed by atoms with Gasteiger partial charge in [-0.15, -0.1) is 40.1 Å². The molecule has 0 fully saturated rings. The van der Waals surface area contributed by atoms with Crippen molar-refractivity contribution >= 4 is 23.3 Å². The third kappa shape index (κ3) is 1.49. The van der Waals surface area contributed by atoms with Gasteiger partial charge in [-0.3, -0.25) is 0 Å². The summed E-state index contributed by atoms with van der Waals surface area (Å²) < 4.78 is 0. The van der Waals surface area contributed by atoms with Crippen LogP contribution in [-0.4, -0.2) is 5.88 Å². The van der Waals surface area contributed by atoms with E-state index < -0.39 is 0 Å². The molecule has 1 atom stereocenters. The van der Waals surface area contributed by atoms with E-state index in [4.69, 9.17) is 11.6 Å². The molecule has 0 aliphatic heterocycles. The average Bonchev–Trinajstić information content (AvgIpc) is 2.67. The molecule has 94 valence electrons. The highest BCUT2D eigenvalue weighted by molar-refractivity contribution is 6.18. The largest absolute Gasteiger partial charge is 0.362 e. The van der Waals surface area contributed by atoms with Crippen LogP contribution in [-0.2, 0) is 0 Å². The summed E-state index contributed by atoms with van der Waals surface area (Å²) >= 11 is 6.08. The molecule has 0 spiro atoms. The Hall–Kier alpha value is -1.38. The molecule has 1 unspecified atom stereocenters. The minimum Gasteiger partial charge on any atom is -0.362 e. The van der Waals surface area contributed by atoms with Gasteiger partial charge >= 0.3 is 0 Å². The normalized spacial score (nSPS) is 20.7. The molecule has 1 aromatic rings. The van der Waals surface area contributed by atoms with Gasteiger partial charge in [0.05, 0.1) is 0 Å². The fourth-order valence-corrected chi connectivity index (χ4v) is 3.30. The molecule has 0 amide bonds. The van der Waals surface area contributed by atoms with E-state index in [9.17, 15) is 4.79 Å². The molecule has 3 N–H and O–H groups in total. The molecule has 0 saturated carbocycles. The monoisotopic (exact) mass is 260 g/mol. The van der Waals surface area contributed by atoms with Gasteiger partial charge < -0.3 is 10.5 Å². The van der Waals surface area contributed by atoms with E-state index in [1.807, 2.05) is 18.2 Å². The first-order valence-corrected chi connectivity index (χ1v) is 6.64. The summed E-state index contributed by atoms with van der Waals surface area (Å²) in [7, 11) is 0. The Kier molecular flexibility index (Phi) is 2.65. The number of fused-ring (bicyclic) bond motifs is 3. The van der Waals surface area contributed by atoms with Crippen molar-refractivity contribution in [1.82, 2.24) is 0 Å². The topological polar surface area (TPSA) is 44.7 Å². The molecule has 2 aliphatic rings. The van der Waals surface area contributed by atoms with E-state index in [2.05, 4.69) is 12.7 Å². The number of alkyl halides is 1. The Morgan fingerprint density at radius 3 is 3.11 bits per heavy atom. The number of halogens is 1. The van der Waals surface area contributed by atoms with Gasteiger partial charge in [0, 0.05) is 11.9 Å². The summed E-state index contributed by atoms with van der Waals surface area (Å²) in [5.41, 5.74) is 7.66. The molecule has 1 aromatic carbocycles. The number of quaternary nitrogens is 1. The summed E-state index contributed by atoms with van der Waals surface area (Å²) in [6.07, 6.45) is 6.68. The SMILES string of the molecule is CC1=c2[cH-]c(=O)c3c(c2C(CCl)C1)[C-]([NH3+])C=CC=3. The zero-order chi connectivity index (χ0) is 12.9. The summed E-state index contributed by atoms with van der Waals surface area (Å²) in [5, 5.41) is 1.86. The average molecular weight is 261 g/mol. The van der Waals surface area contributed by atoms with Gasteiger partial charge in [0.2, 0.25) is 0 Å². The molecule has 3 rings (SSSR count). The zero-order valence-corrected chi connectivity index (χ0v) is 11.1. The first-order valence-electron chi connectivity index (χ1n) is 6.11. The van der Waals surface area contributed by atoms with Crippen molar-refractivity contribution in [2.45, 2.75) is 19.3 Å². The van der Waals surface area contributed by atoms with Crippen LogP contribution >= 0.6 is 11.6 Å². The number of hydrogen-bond acceptors (Lipinski definition) is 1. The van der Waals surface area contributed by atoms with Gasteiger partial charge in [0.25, 0.3) is 0 Å². The first kappa shape index (κ1) is 11.7. The van der Waals surface area contributed by atoms with Crippen LogP contribution in [0.4, 0.5) is 0 Å².